The number of aromatic nitrogens is 1. The maximum atomic E-state index is 12.2. The summed E-state index contributed by atoms with van der Waals surface area (Å²) in [6.07, 6.45) is 4.04. The second-order valence-electron chi connectivity index (χ2n) is 5.14. The van der Waals surface area contributed by atoms with Crippen molar-refractivity contribution in [1.29, 1.82) is 0 Å². The first kappa shape index (κ1) is 16.5. The molecule has 0 unspecified atom stereocenters. The number of pyridine rings is 1. The van der Waals surface area contributed by atoms with E-state index in [1.165, 1.54) is 0 Å². The predicted molar refractivity (Wildman–Crippen MR) is 94.5 cm³/mol. The molecule has 0 saturated carbocycles. The predicted octanol–water partition coefficient (Wildman–Crippen LogP) is 4.33. The summed E-state index contributed by atoms with van der Waals surface area (Å²) in [7, 11) is 2.04. The highest BCUT2D eigenvalue weighted by Gasteiger charge is 2.09. The van der Waals surface area contributed by atoms with E-state index in [4.69, 9.17) is 0 Å². The third-order valence-corrected chi connectivity index (χ3v) is 3.84. The maximum absolute atomic E-state index is 12.2. The third-order valence-electron chi connectivity index (χ3n) is 3.35. The zero-order valence-electron chi connectivity index (χ0n) is 12.8. The molecule has 1 amide bonds. The number of nitrogens with one attached hydrogen (secondary N) is 1. The first-order valence-electron chi connectivity index (χ1n) is 7.34. The van der Waals surface area contributed by atoms with E-state index in [2.05, 4.69) is 38.1 Å². The van der Waals surface area contributed by atoms with Crippen LogP contribution in [0.15, 0.2) is 47.1 Å². The van der Waals surface area contributed by atoms with Gasteiger partial charge in [0, 0.05) is 23.8 Å². The molecule has 0 radical (unpaired) electrons. The molecule has 5 heteroatoms. The number of rotatable bonds is 6. The number of nitrogens with zero attached hydrogens (tertiary/aromatic N) is 2. The van der Waals surface area contributed by atoms with Crippen LogP contribution >= 0.6 is 15.9 Å². The molecule has 1 N–H and O–H groups in total. The fraction of sp³-hybridized carbons (Fsp3) is 0.294. The summed E-state index contributed by atoms with van der Waals surface area (Å²) in [6, 6.07) is 11.2. The monoisotopic (exact) mass is 361 g/mol. The van der Waals surface area contributed by atoms with Gasteiger partial charge in [-0.3, -0.25) is 4.79 Å². The van der Waals surface area contributed by atoms with Gasteiger partial charge in [0.25, 0.3) is 5.91 Å². The Hall–Kier alpha value is -1.88. The second kappa shape index (κ2) is 7.94. The zero-order chi connectivity index (χ0) is 15.9. The minimum atomic E-state index is -0.208. The molecule has 2 aromatic rings. The quantitative estimate of drug-likeness (QED) is 0.832. The normalized spacial score (nSPS) is 10.3. The van der Waals surface area contributed by atoms with Crippen molar-refractivity contribution in [2.24, 2.45) is 0 Å². The minimum Gasteiger partial charge on any atom is -0.373 e. The second-order valence-corrected chi connectivity index (χ2v) is 6.06. The fourth-order valence-electron chi connectivity index (χ4n) is 2.03. The first-order valence-corrected chi connectivity index (χ1v) is 8.13. The van der Waals surface area contributed by atoms with E-state index in [9.17, 15) is 4.79 Å². The van der Waals surface area contributed by atoms with Crippen LogP contribution in [0.25, 0.3) is 0 Å². The average Bonchev–Trinajstić information content (AvgIpc) is 2.52. The van der Waals surface area contributed by atoms with E-state index in [0.29, 0.717) is 5.69 Å². The number of carbonyl (C=O) groups excluding carboxylic acids is 1. The van der Waals surface area contributed by atoms with Gasteiger partial charge in [-0.15, -0.1) is 0 Å². The number of benzene rings is 1. The summed E-state index contributed by atoms with van der Waals surface area (Å²) < 4.78 is 0.922. The molecule has 1 heterocycles. The number of amides is 1. The van der Waals surface area contributed by atoms with Crippen LogP contribution in [0.1, 0.15) is 30.3 Å². The van der Waals surface area contributed by atoms with Crippen molar-refractivity contribution in [3.63, 3.8) is 0 Å². The van der Waals surface area contributed by atoms with E-state index in [-0.39, 0.29) is 5.91 Å². The number of carbonyl (C=O) groups is 1. The van der Waals surface area contributed by atoms with E-state index < -0.39 is 0 Å². The summed E-state index contributed by atoms with van der Waals surface area (Å²) in [6.45, 7) is 3.16. The molecule has 0 bridgehead atoms. The topological polar surface area (TPSA) is 45.2 Å². The van der Waals surface area contributed by atoms with Crippen molar-refractivity contribution in [1.82, 2.24) is 4.98 Å². The first-order chi connectivity index (χ1) is 10.6. The maximum Gasteiger partial charge on any atom is 0.274 e. The van der Waals surface area contributed by atoms with Crippen LogP contribution in [0, 0.1) is 0 Å². The van der Waals surface area contributed by atoms with Crippen LogP contribution in [0.5, 0.6) is 0 Å². The van der Waals surface area contributed by atoms with E-state index in [1.807, 2.05) is 37.4 Å². The van der Waals surface area contributed by atoms with Gasteiger partial charge >= 0.3 is 0 Å². The number of hydrogen-bond donors (Lipinski definition) is 1. The van der Waals surface area contributed by atoms with Crippen LogP contribution < -0.4 is 10.2 Å². The third kappa shape index (κ3) is 4.56. The molecular formula is C17H20BrN3O. The Labute approximate surface area is 139 Å². The molecule has 22 heavy (non-hydrogen) atoms. The fourth-order valence-corrected chi connectivity index (χ4v) is 2.43. The van der Waals surface area contributed by atoms with Crippen molar-refractivity contribution in [2.45, 2.75) is 19.8 Å². The van der Waals surface area contributed by atoms with Crippen LogP contribution in [0.2, 0.25) is 0 Å². The Kier molecular flexibility index (Phi) is 5.95. The number of unbranched alkanes of at least 4 members (excludes halogenated alkanes) is 1. The van der Waals surface area contributed by atoms with Crippen molar-refractivity contribution >= 4 is 33.2 Å². The smallest absolute Gasteiger partial charge is 0.274 e. The van der Waals surface area contributed by atoms with Crippen molar-refractivity contribution in [3.8, 4) is 0 Å². The molecule has 1 aromatic carbocycles. The summed E-state index contributed by atoms with van der Waals surface area (Å²) in [5.74, 6) is -0.208. The molecule has 0 atom stereocenters. The van der Waals surface area contributed by atoms with Crippen LogP contribution in [0.3, 0.4) is 0 Å². The molecule has 4 nitrogen and oxygen atoms in total. The van der Waals surface area contributed by atoms with E-state index >= 15 is 0 Å². The Balaban J connectivity index is 2.02. The van der Waals surface area contributed by atoms with E-state index in [0.717, 1.165) is 35.2 Å². The molecule has 0 fully saturated rings. The SMILES string of the molecule is CCCCN(C)c1ccc(C(=O)Nc2cccc(Br)c2)nc1. The van der Waals surface area contributed by atoms with Crippen LogP contribution in [-0.2, 0) is 0 Å². The largest absolute Gasteiger partial charge is 0.373 e. The Morgan fingerprint density at radius 3 is 2.77 bits per heavy atom. The van der Waals surface area contributed by atoms with Gasteiger partial charge < -0.3 is 10.2 Å². The lowest BCUT2D eigenvalue weighted by atomic mass is 10.2. The lowest BCUT2D eigenvalue weighted by Gasteiger charge is -2.18. The molecule has 0 spiro atoms. The summed E-state index contributed by atoms with van der Waals surface area (Å²) in [5.41, 5.74) is 2.17. The van der Waals surface area contributed by atoms with Gasteiger partial charge in [0.2, 0.25) is 0 Å². The lowest BCUT2D eigenvalue weighted by Crippen LogP contribution is -2.19. The van der Waals surface area contributed by atoms with Gasteiger partial charge in [0.05, 0.1) is 11.9 Å². The molecule has 0 aliphatic carbocycles. The molecule has 0 saturated heterocycles. The molecule has 2 rings (SSSR count). The minimum absolute atomic E-state index is 0.208. The standard InChI is InChI=1S/C17H20BrN3O/c1-3-4-10-21(2)15-8-9-16(19-12-15)17(22)20-14-7-5-6-13(18)11-14/h5-9,11-12H,3-4,10H2,1-2H3,(H,20,22). The van der Waals surface area contributed by atoms with Crippen LogP contribution in [0.4, 0.5) is 11.4 Å². The van der Waals surface area contributed by atoms with Crippen molar-refractivity contribution < 1.29 is 4.79 Å². The zero-order valence-corrected chi connectivity index (χ0v) is 14.4. The summed E-state index contributed by atoms with van der Waals surface area (Å²) in [5, 5.41) is 2.84. The van der Waals surface area contributed by atoms with Gasteiger partial charge in [0.15, 0.2) is 0 Å². The highest BCUT2D eigenvalue weighted by molar-refractivity contribution is 9.10. The molecular weight excluding hydrogens is 342 g/mol. The van der Waals surface area contributed by atoms with Crippen molar-refractivity contribution in [2.75, 3.05) is 23.8 Å². The number of halogens is 1. The molecule has 116 valence electrons. The Bertz CT molecular complexity index is 628. The number of hydrogen-bond acceptors (Lipinski definition) is 3. The van der Waals surface area contributed by atoms with Gasteiger partial charge in [-0.25, -0.2) is 4.98 Å². The molecule has 0 aliphatic rings. The summed E-state index contributed by atoms with van der Waals surface area (Å²) in [4.78, 5) is 18.6. The average molecular weight is 362 g/mol. The van der Waals surface area contributed by atoms with Gasteiger partial charge in [-0.2, -0.15) is 0 Å². The lowest BCUT2D eigenvalue weighted by molar-refractivity contribution is 0.102. The van der Waals surface area contributed by atoms with E-state index in [1.54, 1.807) is 12.3 Å². The highest BCUT2D eigenvalue weighted by Crippen LogP contribution is 2.17. The van der Waals surface area contributed by atoms with Crippen LogP contribution in [-0.4, -0.2) is 24.5 Å². The summed E-state index contributed by atoms with van der Waals surface area (Å²) >= 11 is 3.38. The van der Waals surface area contributed by atoms with Gasteiger partial charge in [-0.1, -0.05) is 35.3 Å². The molecule has 0 aliphatic heterocycles. The molecule has 1 aromatic heterocycles. The Morgan fingerprint density at radius 2 is 2.14 bits per heavy atom. The van der Waals surface area contributed by atoms with Crippen molar-refractivity contribution in [3.05, 3.63) is 52.8 Å². The number of anilines is 2. The highest BCUT2D eigenvalue weighted by atomic mass is 79.9. The van der Waals surface area contributed by atoms with Gasteiger partial charge in [-0.05, 0) is 36.8 Å². The Morgan fingerprint density at radius 1 is 1.32 bits per heavy atom. The van der Waals surface area contributed by atoms with Gasteiger partial charge in [0.1, 0.15) is 5.69 Å².